The topological polar surface area (TPSA) is 75.2 Å². The molecule has 5 nitrogen and oxygen atoms in total. The summed E-state index contributed by atoms with van der Waals surface area (Å²) in [6.07, 6.45) is 0. The molecule has 1 aromatic heterocycles. The molecule has 0 fully saturated rings. The molecule has 3 aromatic carbocycles. The van der Waals surface area contributed by atoms with E-state index in [9.17, 15) is 9.90 Å². The molecule has 4 aromatic rings. The molecule has 0 unspecified atom stereocenters. The number of nitrogens with one attached hydrogen (secondary N) is 1. The molecule has 1 heterocycles. The maximum Gasteiger partial charge on any atom is 0.336 e. The summed E-state index contributed by atoms with van der Waals surface area (Å²) in [4.78, 5) is 19.1. The lowest BCUT2D eigenvalue weighted by Gasteiger charge is -2.04. The number of benzene rings is 3. The first kappa shape index (κ1) is 15.0. The molecule has 0 saturated heterocycles. The van der Waals surface area contributed by atoms with Gasteiger partial charge in [-0.2, -0.15) is 0 Å². The smallest absolute Gasteiger partial charge is 0.336 e. The van der Waals surface area contributed by atoms with Crippen LogP contribution >= 0.6 is 0 Å². The lowest BCUT2D eigenvalue weighted by Crippen LogP contribution is -1.99. The largest absolute Gasteiger partial charge is 0.478 e. The highest BCUT2D eigenvalue weighted by molar-refractivity contribution is 5.96. The molecule has 0 aliphatic carbocycles. The predicted molar refractivity (Wildman–Crippen MR) is 95.0 cm³/mol. The number of hydrogen-bond acceptors (Lipinski definition) is 3. The number of carbonyl (C=O) groups is 1. The van der Waals surface area contributed by atoms with Crippen LogP contribution in [0.5, 0.6) is 11.5 Å². The average molecular weight is 330 g/mol. The van der Waals surface area contributed by atoms with Gasteiger partial charge >= 0.3 is 5.97 Å². The number of aromatic amines is 1. The number of imidazole rings is 1. The van der Waals surface area contributed by atoms with Gasteiger partial charge < -0.3 is 14.8 Å². The van der Waals surface area contributed by atoms with Crippen molar-refractivity contribution in [3.05, 3.63) is 78.4 Å². The van der Waals surface area contributed by atoms with Crippen LogP contribution < -0.4 is 4.74 Å². The van der Waals surface area contributed by atoms with Crippen LogP contribution in [-0.2, 0) is 0 Å². The molecule has 0 saturated carbocycles. The number of nitrogens with zero attached hydrogens (tertiary/aromatic N) is 1. The fraction of sp³-hybridized carbons (Fsp3) is 0. The average Bonchev–Trinajstić information content (AvgIpc) is 3.06. The minimum Gasteiger partial charge on any atom is -0.478 e. The summed E-state index contributed by atoms with van der Waals surface area (Å²) in [5.74, 6) is 0.965. The lowest BCUT2D eigenvalue weighted by atomic mass is 10.1. The van der Waals surface area contributed by atoms with E-state index in [0.717, 1.165) is 16.8 Å². The molecule has 0 bridgehead atoms. The number of carboxylic acids is 1. The molecule has 2 N–H and O–H groups in total. The van der Waals surface area contributed by atoms with E-state index in [1.807, 2.05) is 48.5 Å². The number of aromatic nitrogens is 2. The van der Waals surface area contributed by atoms with Crippen LogP contribution in [0.3, 0.4) is 0 Å². The maximum atomic E-state index is 11.4. The van der Waals surface area contributed by atoms with Crippen LogP contribution in [0.1, 0.15) is 10.4 Å². The van der Waals surface area contributed by atoms with Crippen molar-refractivity contribution < 1.29 is 14.6 Å². The minimum absolute atomic E-state index is 0.210. The molecular formula is C20H14N2O3. The third-order valence-electron chi connectivity index (χ3n) is 3.84. The van der Waals surface area contributed by atoms with E-state index < -0.39 is 5.97 Å². The fourth-order valence-corrected chi connectivity index (χ4v) is 2.68. The molecule has 5 heteroatoms. The van der Waals surface area contributed by atoms with E-state index in [1.54, 1.807) is 24.3 Å². The van der Waals surface area contributed by atoms with Crippen molar-refractivity contribution in [3.63, 3.8) is 0 Å². The zero-order valence-corrected chi connectivity index (χ0v) is 13.1. The number of para-hydroxylation sites is 1. The van der Waals surface area contributed by atoms with E-state index in [1.165, 1.54) is 0 Å². The van der Waals surface area contributed by atoms with Gasteiger partial charge in [0.15, 0.2) is 0 Å². The highest BCUT2D eigenvalue weighted by atomic mass is 16.5. The second kappa shape index (κ2) is 6.13. The Hall–Kier alpha value is -3.60. The summed E-state index contributed by atoms with van der Waals surface area (Å²) in [6, 6.07) is 21.8. The molecular weight excluding hydrogens is 316 g/mol. The summed E-state index contributed by atoms with van der Waals surface area (Å²) in [5, 5.41) is 9.35. The first-order chi connectivity index (χ1) is 12.2. The normalized spacial score (nSPS) is 10.7. The summed E-state index contributed by atoms with van der Waals surface area (Å²) in [5.41, 5.74) is 2.29. The van der Waals surface area contributed by atoms with Crippen LogP contribution in [0.15, 0.2) is 72.8 Å². The number of H-pyrrole nitrogens is 1. The van der Waals surface area contributed by atoms with Crippen molar-refractivity contribution in [1.29, 1.82) is 0 Å². The Balaban J connectivity index is 1.73. The Morgan fingerprint density at radius 1 is 0.920 bits per heavy atom. The summed E-state index contributed by atoms with van der Waals surface area (Å²) < 4.78 is 5.82. The number of aromatic carboxylic acids is 1. The van der Waals surface area contributed by atoms with Crippen LogP contribution in [0.4, 0.5) is 0 Å². The first-order valence-corrected chi connectivity index (χ1v) is 7.76. The molecule has 0 spiro atoms. The van der Waals surface area contributed by atoms with Gasteiger partial charge in [-0.3, -0.25) is 0 Å². The van der Waals surface area contributed by atoms with Gasteiger partial charge in [0.25, 0.3) is 0 Å². The van der Waals surface area contributed by atoms with Crippen molar-refractivity contribution in [2.45, 2.75) is 0 Å². The molecule has 0 aliphatic rings. The van der Waals surface area contributed by atoms with Gasteiger partial charge in [0.05, 0.1) is 16.6 Å². The fourth-order valence-electron chi connectivity index (χ4n) is 2.68. The van der Waals surface area contributed by atoms with Crippen LogP contribution in [0.25, 0.3) is 22.4 Å². The standard InChI is InChI=1S/C20H14N2O3/c23-20(24)16-9-5-4-8-15(16)19-21-17-11-10-14(12-18(17)22-19)25-13-6-2-1-3-7-13/h1-12H,(H,21,22)(H,23,24). The third-order valence-corrected chi connectivity index (χ3v) is 3.84. The number of hydrogen-bond donors (Lipinski definition) is 2. The van der Waals surface area contributed by atoms with Gasteiger partial charge in [-0.1, -0.05) is 36.4 Å². The van der Waals surface area contributed by atoms with Crippen LogP contribution in [0, 0.1) is 0 Å². The Morgan fingerprint density at radius 2 is 1.68 bits per heavy atom. The van der Waals surface area contributed by atoms with Gasteiger partial charge in [-0.05, 0) is 30.3 Å². The first-order valence-electron chi connectivity index (χ1n) is 7.76. The Morgan fingerprint density at radius 3 is 2.48 bits per heavy atom. The van der Waals surface area contributed by atoms with Gasteiger partial charge in [-0.25, -0.2) is 9.78 Å². The molecule has 0 amide bonds. The number of ether oxygens (including phenoxy) is 1. The van der Waals surface area contributed by atoms with Crippen molar-refractivity contribution in [3.8, 4) is 22.9 Å². The van der Waals surface area contributed by atoms with Crippen molar-refractivity contribution in [2.75, 3.05) is 0 Å². The van der Waals surface area contributed by atoms with E-state index in [2.05, 4.69) is 9.97 Å². The quantitative estimate of drug-likeness (QED) is 0.568. The van der Waals surface area contributed by atoms with E-state index in [-0.39, 0.29) is 5.56 Å². The molecule has 4 rings (SSSR count). The Bertz CT molecular complexity index is 1050. The summed E-state index contributed by atoms with van der Waals surface area (Å²) in [7, 11) is 0. The monoisotopic (exact) mass is 330 g/mol. The zero-order valence-electron chi connectivity index (χ0n) is 13.1. The second-order valence-electron chi connectivity index (χ2n) is 5.53. The SMILES string of the molecule is O=C(O)c1ccccc1-c1nc2ccc(Oc3ccccc3)cc2[nH]1. The maximum absolute atomic E-state index is 11.4. The Labute approximate surface area is 143 Å². The highest BCUT2D eigenvalue weighted by Gasteiger charge is 2.14. The second-order valence-corrected chi connectivity index (χ2v) is 5.53. The molecule has 0 aliphatic heterocycles. The highest BCUT2D eigenvalue weighted by Crippen LogP contribution is 2.28. The third kappa shape index (κ3) is 2.95. The van der Waals surface area contributed by atoms with E-state index in [0.29, 0.717) is 17.1 Å². The van der Waals surface area contributed by atoms with Gasteiger partial charge in [0.1, 0.15) is 17.3 Å². The number of fused-ring (bicyclic) bond motifs is 1. The van der Waals surface area contributed by atoms with E-state index in [4.69, 9.17) is 4.74 Å². The molecule has 0 radical (unpaired) electrons. The molecule has 25 heavy (non-hydrogen) atoms. The van der Waals surface area contributed by atoms with Gasteiger partial charge in [-0.15, -0.1) is 0 Å². The predicted octanol–water partition coefficient (Wildman–Crippen LogP) is 4.72. The van der Waals surface area contributed by atoms with Crippen molar-refractivity contribution >= 4 is 17.0 Å². The minimum atomic E-state index is -0.982. The lowest BCUT2D eigenvalue weighted by molar-refractivity contribution is 0.0697. The van der Waals surface area contributed by atoms with Crippen LogP contribution in [-0.4, -0.2) is 21.0 Å². The summed E-state index contributed by atoms with van der Waals surface area (Å²) >= 11 is 0. The zero-order chi connectivity index (χ0) is 17.2. The van der Waals surface area contributed by atoms with Gasteiger partial charge in [0, 0.05) is 11.6 Å². The van der Waals surface area contributed by atoms with Crippen molar-refractivity contribution in [1.82, 2.24) is 9.97 Å². The van der Waals surface area contributed by atoms with Crippen LogP contribution in [0.2, 0.25) is 0 Å². The van der Waals surface area contributed by atoms with E-state index >= 15 is 0 Å². The number of carboxylic acid groups (broad SMARTS) is 1. The summed E-state index contributed by atoms with van der Waals surface area (Å²) in [6.45, 7) is 0. The molecule has 0 atom stereocenters. The van der Waals surface area contributed by atoms with Gasteiger partial charge in [0.2, 0.25) is 0 Å². The van der Waals surface area contributed by atoms with Crippen molar-refractivity contribution in [2.24, 2.45) is 0 Å². The number of rotatable bonds is 4. The Kier molecular flexibility index (Phi) is 3.67. The molecule has 122 valence electrons.